The van der Waals surface area contributed by atoms with E-state index in [1.807, 2.05) is 23.1 Å². The molecule has 0 radical (unpaired) electrons. The Kier molecular flexibility index (Phi) is 5.71. The van der Waals surface area contributed by atoms with E-state index in [0.29, 0.717) is 23.8 Å². The Hall–Kier alpha value is -2.93. The summed E-state index contributed by atoms with van der Waals surface area (Å²) in [4.78, 5) is 17.3. The number of halogens is 1. The Morgan fingerprint density at radius 2 is 1.93 bits per heavy atom. The Morgan fingerprint density at radius 1 is 1.19 bits per heavy atom. The first-order chi connectivity index (χ1) is 13.0. The fraction of sp³-hybridized carbons (Fsp3) is 0.200. The standard InChI is InChI=1S/C20H20FN3O2S/c1-22-20(27)24(11-13-3-5-16(21)6-4-13)12-15-9-14-10-17(26-2)7-8-18(14)23-19(15)25/h3-10H,11-12H2,1-2H3,(H,22,27)(H,23,25). The number of fused-ring (bicyclic) bond motifs is 1. The molecule has 0 unspecified atom stereocenters. The van der Waals surface area contributed by atoms with E-state index < -0.39 is 0 Å². The van der Waals surface area contributed by atoms with Gasteiger partial charge in [-0.3, -0.25) is 4.79 Å². The number of hydrogen-bond acceptors (Lipinski definition) is 3. The molecular weight excluding hydrogens is 365 g/mol. The number of pyridine rings is 1. The van der Waals surface area contributed by atoms with E-state index in [9.17, 15) is 9.18 Å². The van der Waals surface area contributed by atoms with Crippen LogP contribution in [0.25, 0.3) is 10.9 Å². The van der Waals surface area contributed by atoms with Crippen LogP contribution in [0, 0.1) is 5.82 Å². The summed E-state index contributed by atoms with van der Waals surface area (Å²) >= 11 is 5.39. The highest BCUT2D eigenvalue weighted by Gasteiger charge is 2.13. The van der Waals surface area contributed by atoms with Crippen molar-refractivity contribution in [3.05, 3.63) is 75.8 Å². The van der Waals surface area contributed by atoms with Crippen LogP contribution in [0.15, 0.2) is 53.3 Å². The normalized spacial score (nSPS) is 10.6. The predicted molar refractivity (Wildman–Crippen MR) is 108 cm³/mol. The minimum atomic E-state index is -0.290. The van der Waals surface area contributed by atoms with Gasteiger partial charge in [0.05, 0.1) is 13.7 Å². The highest BCUT2D eigenvalue weighted by Crippen LogP contribution is 2.19. The number of ether oxygens (including phenoxy) is 1. The number of benzene rings is 2. The van der Waals surface area contributed by atoms with Gasteiger partial charge in [0, 0.05) is 30.1 Å². The molecule has 0 saturated heterocycles. The van der Waals surface area contributed by atoms with Crippen molar-refractivity contribution in [1.29, 1.82) is 0 Å². The van der Waals surface area contributed by atoms with Crippen molar-refractivity contribution in [1.82, 2.24) is 15.2 Å². The number of methoxy groups -OCH3 is 1. The van der Waals surface area contributed by atoms with Gasteiger partial charge in [0.15, 0.2) is 5.11 Å². The van der Waals surface area contributed by atoms with Crippen LogP contribution < -0.4 is 15.6 Å². The van der Waals surface area contributed by atoms with Crippen molar-refractivity contribution in [2.45, 2.75) is 13.1 Å². The van der Waals surface area contributed by atoms with Crippen LogP contribution in [0.4, 0.5) is 4.39 Å². The summed E-state index contributed by atoms with van der Waals surface area (Å²) in [5.74, 6) is 0.427. The van der Waals surface area contributed by atoms with Crippen LogP contribution in [0.5, 0.6) is 5.75 Å². The van der Waals surface area contributed by atoms with Gasteiger partial charge in [-0.2, -0.15) is 0 Å². The lowest BCUT2D eigenvalue weighted by Crippen LogP contribution is -2.38. The van der Waals surface area contributed by atoms with Gasteiger partial charge in [-0.1, -0.05) is 12.1 Å². The first-order valence-corrected chi connectivity index (χ1v) is 8.82. The molecular formula is C20H20FN3O2S. The Balaban J connectivity index is 1.92. The van der Waals surface area contributed by atoms with E-state index in [-0.39, 0.29) is 11.4 Å². The molecule has 0 aliphatic rings. The second-order valence-electron chi connectivity index (χ2n) is 6.11. The van der Waals surface area contributed by atoms with Gasteiger partial charge in [-0.15, -0.1) is 0 Å². The third kappa shape index (κ3) is 4.43. The van der Waals surface area contributed by atoms with Gasteiger partial charge in [0.25, 0.3) is 5.56 Å². The minimum absolute atomic E-state index is 0.171. The summed E-state index contributed by atoms with van der Waals surface area (Å²) in [6, 6.07) is 13.5. The lowest BCUT2D eigenvalue weighted by Gasteiger charge is -2.25. The number of aromatic amines is 1. The Labute approximate surface area is 161 Å². The molecule has 0 spiro atoms. The van der Waals surface area contributed by atoms with Gasteiger partial charge in [-0.05, 0) is 54.2 Å². The lowest BCUT2D eigenvalue weighted by molar-refractivity contribution is 0.400. The molecule has 27 heavy (non-hydrogen) atoms. The number of hydrogen-bond donors (Lipinski definition) is 2. The molecule has 1 aromatic heterocycles. The number of aromatic nitrogens is 1. The van der Waals surface area contributed by atoms with E-state index in [1.54, 1.807) is 32.4 Å². The van der Waals surface area contributed by atoms with Crippen LogP contribution in [-0.4, -0.2) is 29.2 Å². The van der Waals surface area contributed by atoms with Crippen LogP contribution in [0.3, 0.4) is 0 Å². The third-order valence-corrected chi connectivity index (χ3v) is 4.74. The molecule has 0 amide bonds. The maximum atomic E-state index is 13.2. The molecule has 0 saturated carbocycles. The first-order valence-electron chi connectivity index (χ1n) is 8.41. The number of thiocarbonyl (C=S) groups is 1. The molecule has 0 aliphatic heterocycles. The molecule has 2 aromatic carbocycles. The van der Waals surface area contributed by atoms with Crippen molar-refractivity contribution in [3.8, 4) is 5.75 Å². The maximum absolute atomic E-state index is 13.2. The largest absolute Gasteiger partial charge is 0.497 e. The Bertz CT molecular complexity index is 1020. The average Bonchev–Trinajstić information content (AvgIpc) is 2.68. The molecule has 140 valence electrons. The van der Waals surface area contributed by atoms with Crippen LogP contribution in [0.1, 0.15) is 11.1 Å². The first kappa shape index (κ1) is 18.8. The molecule has 0 atom stereocenters. The number of nitrogens with zero attached hydrogens (tertiary/aromatic N) is 1. The minimum Gasteiger partial charge on any atom is -0.497 e. The van der Waals surface area contributed by atoms with Crippen LogP contribution in [-0.2, 0) is 13.1 Å². The van der Waals surface area contributed by atoms with Gasteiger partial charge in [-0.25, -0.2) is 4.39 Å². The van der Waals surface area contributed by atoms with Crippen molar-refractivity contribution >= 4 is 28.2 Å². The highest BCUT2D eigenvalue weighted by molar-refractivity contribution is 7.80. The number of rotatable bonds is 5. The highest BCUT2D eigenvalue weighted by atomic mass is 32.1. The third-order valence-electron chi connectivity index (χ3n) is 4.28. The summed E-state index contributed by atoms with van der Waals surface area (Å²) in [7, 11) is 3.33. The van der Waals surface area contributed by atoms with Gasteiger partial charge < -0.3 is 19.9 Å². The molecule has 3 rings (SSSR count). The van der Waals surface area contributed by atoms with E-state index in [4.69, 9.17) is 17.0 Å². The molecule has 7 heteroatoms. The molecule has 0 aliphatic carbocycles. The molecule has 3 aromatic rings. The maximum Gasteiger partial charge on any atom is 0.253 e. The van der Waals surface area contributed by atoms with Crippen LogP contribution >= 0.6 is 12.2 Å². The summed E-state index contributed by atoms with van der Waals surface area (Å²) in [5.41, 5.74) is 2.05. The predicted octanol–water partition coefficient (Wildman–Crippen LogP) is 3.18. The van der Waals surface area contributed by atoms with E-state index >= 15 is 0 Å². The Morgan fingerprint density at radius 3 is 2.59 bits per heavy atom. The summed E-state index contributed by atoms with van der Waals surface area (Å²) < 4.78 is 18.4. The smallest absolute Gasteiger partial charge is 0.253 e. The van der Waals surface area contributed by atoms with Crippen molar-refractivity contribution in [2.75, 3.05) is 14.2 Å². The summed E-state index contributed by atoms with van der Waals surface area (Å²) in [5, 5.41) is 4.32. The number of nitrogens with one attached hydrogen (secondary N) is 2. The monoisotopic (exact) mass is 385 g/mol. The van der Waals surface area contributed by atoms with Crippen molar-refractivity contribution < 1.29 is 9.13 Å². The molecule has 0 bridgehead atoms. The second kappa shape index (κ2) is 8.18. The number of H-pyrrole nitrogens is 1. The van der Waals surface area contributed by atoms with Crippen LogP contribution in [0.2, 0.25) is 0 Å². The van der Waals surface area contributed by atoms with Gasteiger partial charge >= 0.3 is 0 Å². The van der Waals surface area contributed by atoms with E-state index in [2.05, 4.69) is 10.3 Å². The van der Waals surface area contributed by atoms with Gasteiger partial charge in [0.1, 0.15) is 11.6 Å². The summed E-state index contributed by atoms with van der Waals surface area (Å²) in [6.07, 6.45) is 0. The topological polar surface area (TPSA) is 57.4 Å². The zero-order valence-corrected chi connectivity index (χ0v) is 15.9. The SMILES string of the molecule is CNC(=S)N(Cc1ccc(F)cc1)Cc1cc2cc(OC)ccc2[nH]c1=O. The molecule has 0 fully saturated rings. The van der Waals surface area contributed by atoms with E-state index in [0.717, 1.165) is 22.2 Å². The zero-order valence-electron chi connectivity index (χ0n) is 15.1. The van der Waals surface area contributed by atoms with Crippen molar-refractivity contribution in [3.63, 3.8) is 0 Å². The molecule has 5 nitrogen and oxygen atoms in total. The quantitative estimate of drug-likeness (QED) is 0.661. The fourth-order valence-electron chi connectivity index (χ4n) is 2.85. The fourth-order valence-corrected chi connectivity index (χ4v) is 2.98. The zero-order chi connectivity index (χ0) is 19.4. The van der Waals surface area contributed by atoms with Crippen molar-refractivity contribution in [2.24, 2.45) is 0 Å². The summed E-state index contributed by atoms with van der Waals surface area (Å²) in [6.45, 7) is 0.773. The lowest BCUT2D eigenvalue weighted by atomic mass is 10.1. The molecule has 2 N–H and O–H groups in total. The molecule has 1 heterocycles. The van der Waals surface area contributed by atoms with Gasteiger partial charge in [0.2, 0.25) is 0 Å². The second-order valence-corrected chi connectivity index (χ2v) is 6.50. The average molecular weight is 385 g/mol. The van der Waals surface area contributed by atoms with E-state index in [1.165, 1.54) is 12.1 Å².